The summed E-state index contributed by atoms with van der Waals surface area (Å²) in [6.45, 7) is 4.40. The van der Waals surface area contributed by atoms with Gasteiger partial charge in [0.1, 0.15) is 17.5 Å². The van der Waals surface area contributed by atoms with Crippen molar-refractivity contribution in [2.45, 2.75) is 26.4 Å². The van der Waals surface area contributed by atoms with E-state index in [0.29, 0.717) is 11.3 Å². The summed E-state index contributed by atoms with van der Waals surface area (Å²) in [4.78, 5) is 15.4. The number of rotatable bonds is 3. The maximum Gasteiger partial charge on any atom is 0.135 e. The molecule has 0 aliphatic carbocycles. The Morgan fingerprint density at radius 3 is 2.73 bits per heavy atom. The number of benzene rings is 1. The minimum absolute atomic E-state index is 0.303. The first-order valence-electron chi connectivity index (χ1n) is 8.52. The minimum Gasteiger partial charge on any atom is -0.294 e. The van der Waals surface area contributed by atoms with Gasteiger partial charge >= 0.3 is 0 Å². The van der Waals surface area contributed by atoms with E-state index in [-0.39, 0.29) is 0 Å². The summed E-state index contributed by atoms with van der Waals surface area (Å²) < 4.78 is 26.9. The average Bonchev–Trinajstić information content (AvgIpc) is 2.63. The fraction of sp³-hybridized carbons (Fsp3) is 0.250. The van der Waals surface area contributed by atoms with Crippen molar-refractivity contribution in [3.63, 3.8) is 0 Å². The lowest BCUT2D eigenvalue weighted by Gasteiger charge is -2.27. The maximum absolute atomic E-state index is 13.9. The molecular formula is C20H18F2N4. The minimum atomic E-state index is -0.604. The number of halogens is 2. The molecule has 3 heterocycles. The first-order valence-corrected chi connectivity index (χ1v) is 8.52. The summed E-state index contributed by atoms with van der Waals surface area (Å²) >= 11 is 0. The molecule has 4 nitrogen and oxygen atoms in total. The molecule has 0 bridgehead atoms. The Labute approximate surface area is 150 Å². The van der Waals surface area contributed by atoms with Crippen molar-refractivity contribution in [1.29, 1.82) is 0 Å². The molecule has 132 valence electrons. The Bertz CT molecular complexity index is 941. The van der Waals surface area contributed by atoms with E-state index in [9.17, 15) is 8.78 Å². The number of nitrogens with zero attached hydrogens (tertiary/aromatic N) is 4. The molecule has 0 spiro atoms. The summed E-state index contributed by atoms with van der Waals surface area (Å²) in [6.07, 6.45) is 4.56. The summed E-state index contributed by atoms with van der Waals surface area (Å²) in [5.41, 5.74) is 4.15. The van der Waals surface area contributed by atoms with Gasteiger partial charge in [-0.25, -0.2) is 18.7 Å². The van der Waals surface area contributed by atoms with E-state index in [1.54, 1.807) is 12.3 Å². The zero-order valence-corrected chi connectivity index (χ0v) is 14.4. The highest BCUT2D eigenvalue weighted by Gasteiger charge is 2.18. The van der Waals surface area contributed by atoms with Crippen LogP contribution in [-0.2, 0) is 19.5 Å². The van der Waals surface area contributed by atoms with Crippen molar-refractivity contribution in [3.05, 3.63) is 77.0 Å². The molecule has 4 rings (SSSR count). The van der Waals surface area contributed by atoms with Crippen molar-refractivity contribution in [3.8, 4) is 11.3 Å². The predicted molar refractivity (Wildman–Crippen MR) is 94.2 cm³/mol. The number of pyridine rings is 1. The second-order valence-corrected chi connectivity index (χ2v) is 6.53. The molecule has 3 aromatic rings. The predicted octanol–water partition coefficient (Wildman–Crippen LogP) is 3.68. The van der Waals surface area contributed by atoms with E-state index in [4.69, 9.17) is 0 Å². The molecule has 0 saturated carbocycles. The summed E-state index contributed by atoms with van der Waals surface area (Å²) in [6, 6.07) is 7.24. The monoisotopic (exact) mass is 352 g/mol. The molecule has 1 aliphatic heterocycles. The van der Waals surface area contributed by atoms with E-state index < -0.39 is 11.6 Å². The zero-order valence-electron chi connectivity index (χ0n) is 14.4. The normalized spacial score (nSPS) is 14.3. The fourth-order valence-electron chi connectivity index (χ4n) is 3.24. The first kappa shape index (κ1) is 16.7. The highest BCUT2D eigenvalue weighted by atomic mass is 19.1. The second kappa shape index (κ2) is 6.88. The average molecular weight is 352 g/mol. The van der Waals surface area contributed by atoms with Gasteiger partial charge in [0.2, 0.25) is 0 Å². The lowest BCUT2D eigenvalue weighted by atomic mass is 10.1. The number of aromatic nitrogens is 3. The van der Waals surface area contributed by atoms with E-state index >= 15 is 0 Å². The molecule has 1 aromatic carbocycles. The smallest absolute Gasteiger partial charge is 0.135 e. The van der Waals surface area contributed by atoms with Gasteiger partial charge in [0.05, 0.1) is 5.69 Å². The van der Waals surface area contributed by atoms with Crippen LogP contribution in [0.2, 0.25) is 0 Å². The number of hydrogen-bond donors (Lipinski definition) is 0. The lowest BCUT2D eigenvalue weighted by Crippen LogP contribution is -2.31. The van der Waals surface area contributed by atoms with E-state index in [1.165, 1.54) is 17.7 Å². The molecule has 0 atom stereocenters. The van der Waals surface area contributed by atoms with Crippen LogP contribution in [0.3, 0.4) is 0 Å². The van der Waals surface area contributed by atoms with Crippen molar-refractivity contribution < 1.29 is 8.78 Å². The van der Waals surface area contributed by atoms with E-state index in [1.807, 2.05) is 19.2 Å². The lowest BCUT2D eigenvalue weighted by molar-refractivity contribution is 0.242. The highest BCUT2D eigenvalue weighted by molar-refractivity contribution is 5.59. The van der Waals surface area contributed by atoms with Crippen LogP contribution in [0.1, 0.15) is 22.6 Å². The molecule has 0 radical (unpaired) electrons. The Kier molecular flexibility index (Phi) is 4.42. The second-order valence-electron chi connectivity index (χ2n) is 6.53. The van der Waals surface area contributed by atoms with Crippen LogP contribution in [0.5, 0.6) is 0 Å². The molecule has 0 N–H and O–H groups in total. The Morgan fingerprint density at radius 2 is 1.96 bits per heavy atom. The fourth-order valence-corrected chi connectivity index (χ4v) is 3.24. The van der Waals surface area contributed by atoms with Gasteiger partial charge in [0.25, 0.3) is 0 Å². The van der Waals surface area contributed by atoms with Gasteiger partial charge in [0.15, 0.2) is 0 Å². The number of aryl methyl sites for hydroxylation is 1. The number of hydrogen-bond acceptors (Lipinski definition) is 4. The molecule has 2 aromatic heterocycles. The molecule has 26 heavy (non-hydrogen) atoms. The van der Waals surface area contributed by atoms with Crippen molar-refractivity contribution >= 4 is 0 Å². The highest BCUT2D eigenvalue weighted by Crippen LogP contribution is 2.23. The van der Waals surface area contributed by atoms with Gasteiger partial charge in [-0.2, -0.15) is 0 Å². The van der Waals surface area contributed by atoms with Gasteiger partial charge in [-0.3, -0.25) is 9.88 Å². The third-order valence-electron chi connectivity index (χ3n) is 4.57. The SMILES string of the molecule is Cc1ncc2c(n1)CCN(Cc1ccc(-c3ccc(F)cc3F)nc1)C2. The van der Waals surface area contributed by atoms with Gasteiger partial charge in [-0.05, 0) is 30.7 Å². The van der Waals surface area contributed by atoms with Gasteiger partial charge in [-0.1, -0.05) is 6.07 Å². The van der Waals surface area contributed by atoms with Gasteiger partial charge in [0, 0.05) is 61.3 Å². The third kappa shape index (κ3) is 3.46. The zero-order chi connectivity index (χ0) is 18.1. The van der Waals surface area contributed by atoms with Crippen LogP contribution in [0.4, 0.5) is 8.78 Å². The Balaban J connectivity index is 1.47. The Hall–Kier alpha value is -2.73. The van der Waals surface area contributed by atoms with Crippen LogP contribution < -0.4 is 0 Å². The van der Waals surface area contributed by atoms with Crippen molar-refractivity contribution in [1.82, 2.24) is 19.9 Å². The number of fused-ring (bicyclic) bond motifs is 1. The molecule has 0 amide bonds. The van der Waals surface area contributed by atoms with E-state index in [0.717, 1.165) is 49.2 Å². The summed E-state index contributed by atoms with van der Waals surface area (Å²) in [5.74, 6) is -0.384. The summed E-state index contributed by atoms with van der Waals surface area (Å²) in [5, 5.41) is 0. The van der Waals surface area contributed by atoms with Crippen LogP contribution in [0.15, 0.2) is 42.7 Å². The third-order valence-corrected chi connectivity index (χ3v) is 4.57. The molecule has 0 saturated heterocycles. The molecule has 6 heteroatoms. The van der Waals surface area contributed by atoms with Crippen molar-refractivity contribution in [2.24, 2.45) is 0 Å². The van der Waals surface area contributed by atoms with Crippen LogP contribution in [0.25, 0.3) is 11.3 Å². The maximum atomic E-state index is 13.9. The Morgan fingerprint density at radius 1 is 1.08 bits per heavy atom. The first-order chi connectivity index (χ1) is 12.6. The standard InChI is InChI=1S/C20H18F2N4/c1-13-23-10-15-12-26(7-6-19(15)25-13)11-14-2-5-20(24-9-14)17-4-3-16(21)8-18(17)22/h2-5,8-10H,6-7,11-12H2,1H3. The van der Waals surface area contributed by atoms with Crippen molar-refractivity contribution in [2.75, 3.05) is 6.54 Å². The molecule has 0 fully saturated rings. The van der Waals surface area contributed by atoms with E-state index in [2.05, 4.69) is 19.9 Å². The largest absolute Gasteiger partial charge is 0.294 e. The van der Waals surface area contributed by atoms with Crippen LogP contribution in [-0.4, -0.2) is 26.4 Å². The van der Waals surface area contributed by atoms with Gasteiger partial charge < -0.3 is 0 Å². The quantitative estimate of drug-likeness (QED) is 0.721. The van der Waals surface area contributed by atoms with Gasteiger partial charge in [-0.15, -0.1) is 0 Å². The summed E-state index contributed by atoms with van der Waals surface area (Å²) in [7, 11) is 0. The van der Waals surface area contributed by atoms with Crippen LogP contribution in [0, 0.1) is 18.6 Å². The topological polar surface area (TPSA) is 41.9 Å². The molecular weight excluding hydrogens is 334 g/mol. The molecule has 1 aliphatic rings. The molecule has 0 unspecified atom stereocenters. The van der Waals surface area contributed by atoms with Crippen LogP contribution >= 0.6 is 0 Å².